The Morgan fingerprint density at radius 1 is 1.36 bits per heavy atom. The van der Waals surface area contributed by atoms with Gasteiger partial charge in [0.25, 0.3) is 0 Å². The Bertz CT molecular complexity index is 268. The van der Waals surface area contributed by atoms with Crippen molar-refractivity contribution >= 4 is 0 Å². The van der Waals surface area contributed by atoms with Crippen molar-refractivity contribution in [3.63, 3.8) is 0 Å². The zero-order chi connectivity index (χ0) is 10.6. The molecule has 1 heterocycles. The van der Waals surface area contributed by atoms with E-state index in [0.717, 1.165) is 13.0 Å². The average Bonchev–Trinajstić information content (AvgIpc) is 2.48. The lowest BCUT2D eigenvalue weighted by Crippen LogP contribution is -2.11. The van der Waals surface area contributed by atoms with Crippen LogP contribution in [0.15, 0.2) is 12.4 Å². The minimum absolute atomic E-state index is 0.410. The monoisotopic (exact) mass is 194 g/mol. The van der Waals surface area contributed by atoms with Gasteiger partial charge in [-0.3, -0.25) is 0 Å². The molecule has 0 N–H and O–H groups in total. The second-order valence-corrected chi connectivity index (χ2v) is 5.10. The van der Waals surface area contributed by atoms with Crippen LogP contribution >= 0.6 is 0 Å². The van der Waals surface area contributed by atoms with Crippen LogP contribution < -0.4 is 0 Å². The van der Waals surface area contributed by atoms with Gasteiger partial charge in [-0.25, -0.2) is 4.98 Å². The van der Waals surface area contributed by atoms with E-state index in [9.17, 15) is 0 Å². The molecule has 0 aliphatic rings. The lowest BCUT2D eigenvalue weighted by Gasteiger charge is -2.18. The summed E-state index contributed by atoms with van der Waals surface area (Å²) in [5.74, 6) is 1.23. The van der Waals surface area contributed by atoms with Crippen LogP contribution in [0.25, 0.3) is 0 Å². The summed E-state index contributed by atoms with van der Waals surface area (Å²) in [6.07, 6.45) is 7.48. The van der Waals surface area contributed by atoms with E-state index in [4.69, 9.17) is 0 Å². The Hall–Kier alpha value is -0.790. The molecule has 0 spiro atoms. The average molecular weight is 194 g/mol. The lowest BCUT2D eigenvalue weighted by molar-refractivity contribution is 0.347. The fraction of sp³-hybridized carbons (Fsp3) is 0.750. The molecule has 0 amide bonds. The van der Waals surface area contributed by atoms with E-state index in [1.54, 1.807) is 0 Å². The van der Waals surface area contributed by atoms with Crippen LogP contribution in [0, 0.1) is 5.41 Å². The third-order valence-corrected chi connectivity index (χ3v) is 2.38. The van der Waals surface area contributed by atoms with E-state index < -0.39 is 0 Å². The standard InChI is InChI=1S/C12H22N2/c1-5-6-11-13-8-10-14(11)9-7-12(2,3)4/h8,10H,5-7,9H2,1-4H3. The van der Waals surface area contributed by atoms with Gasteiger partial charge in [-0.05, 0) is 18.3 Å². The van der Waals surface area contributed by atoms with Crippen molar-refractivity contribution in [3.8, 4) is 0 Å². The SMILES string of the molecule is CCCc1nccn1CCC(C)(C)C. The predicted octanol–water partition coefficient (Wildman–Crippen LogP) is 3.27. The summed E-state index contributed by atoms with van der Waals surface area (Å²) in [7, 11) is 0. The first-order chi connectivity index (χ1) is 6.53. The summed E-state index contributed by atoms with van der Waals surface area (Å²) in [5.41, 5.74) is 0.410. The Labute approximate surface area is 87.4 Å². The van der Waals surface area contributed by atoms with Crippen LogP contribution in [0.2, 0.25) is 0 Å². The van der Waals surface area contributed by atoms with Crippen LogP contribution in [0.1, 0.15) is 46.4 Å². The highest BCUT2D eigenvalue weighted by molar-refractivity contribution is 4.92. The molecule has 0 aliphatic carbocycles. The molecule has 2 heteroatoms. The number of aryl methyl sites for hydroxylation is 2. The highest BCUT2D eigenvalue weighted by Crippen LogP contribution is 2.19. The summed E-state index contributed by atoms with van der Waals surface area (Å²) in [4.78, 5) is 4.37. The summed E-state index contributed by atoms with van der Waals surface area (Å²) in [6, 6.07) is 0. The Kier molecular flexibility index (Phi) is 3.73. The van der Waals surface area contributed by atoms with E-state index in [1.165, 1.54) is 18.7 Å². The molecule has 2 nitrogen and oxygen atoms in total. The topological polar surface area (TPSA) is 17.8 Å². The normalized spacial score (nSPS) is 12.0. The largest absolute Gasteiger partial charge is 0.335 e. The molecule has 0 radical (unpaired) electrons. The van der Waals surface area contributed by atoms with Crippen molar-refractivity contribution in [2.75, 3.05) is 0 Å². The van der Waals surface area contributed by atoms with E-state index in [2.05, 4.69) is 43.4 Å². The van der Waals surface area contributed by atoms with Crippen LogP contribution in [0.4, 0.5) is 0 Å². The maximum atomic E-state index is 4.37. The molecule has 14 heavy (non-hydrogen) atoms. The molecule has 0 aliphatic heterocycles. The van der Waals surface area contributed by atoms with E-state index in [1.807, 2.05) is 6.20 Å². The quantitative estimate of drug-likeness (QED) is 0.719. The molecule has 1 aromatic heterocycles. The molecular weight excluding hydrogens is 172 g/mol. The fourth-order valence-electron chi connectivity index (χ4n) is 1.45. The molecular formula is C12H22N2. The molecule has 1 aromatic rings. The second kappa shape index (κ2) is 4.63. The first-order valence-corrected chi connectivity index (χ1v) is 5.53. The predicted molar refractivity (Wildman–Crippen MR) is 60.3 cm³/mol. The maximum Gasteiger partial charge on any atom is 0.108 e. The molecule has 0 aromatic carbocycles. The highest BCUT2D eigenvalue weighted by Gasteiger charge is 2.11. The van der Waals surface area contributed by atoms with Gasteiger partial charge >= 0.3 is 0 Å². The molecule has 0 saturated heterocycles. The number of hydrogen-bond donors (Lipinski definition) is 0. The second-order valence-electron chi connectivity index (χ2n) is 5.10. The molecule has 0 fully saturated rings. The van der Waals surface area contributed by atoms with Gasteiger partial charge in [0.15, 0.2) is 0 Å². The maximum absolute atomic E-state index is 4.37. The third-order valence-electron chi connectivity index (χ3n) is 2.38. The lowest BCUT2D eigenvalue weighted by atomic mass is 9.92. The molecule has 0 bridgehead atoms. The van der Waals surface area contributed by atoms with Crippen molar-refractivity contribution < 1.29 is 0 Å². The Balaban J connectivity index is 2.53. The van der Waals surface area contributed by atoms with Gasteiger partial charge in [0.1, 0.15) is 5.82 Å². The number of imidazole rings is 1. The van der Waals surface area contributed by atoms with Crippen molar-refractivity contribution in [2.45, 2.75) is 53.5 Å². The van der Waals surface area contributed by atoms with Gasteiger partial charge in [-0.2, -0.15) is 0 Å². The minimum atomic E-state index is 0.410. The van der Waals surface area contributed by atoms with Crippen molar-refractivity contribution in [2.24, 2.45) is 5.41 Å². The van der Waals surface area contributed by atoms with E-state index in [0.29, 0.717) is 5.41 Å². The van der Waals surface area contributed by atoms with Crippen molar-refractivity contribution in [1.82, 2.24) is 9.55 Å². The zero-order valence-corrected chi connectivity index (χ0v) is 9.88. The summed E-state index contributed by atoms with van der Waals surface area (Å²) in [6.45, 7) is 10.1. The Morgan fingerprint density at radius 2 is 2.07 bits per heavy atom. The van der Waals surface area contributed by atoms with Crippen LogP contribution in [0.5, 0.6) is 0 Å². The fourth-order valence-corrected chi connectivity index (χ4v) is 1.45. The van der Waals surface area contributed by atoms with Gasteiger partial charge in [0.05, 0.1) is 0 Å². The number of nitrogens with zero attached hydrogens (tertiary/aromatic N) is 2. The van der Waals surface area contributed by atoms with Gasteiger partial charge in [0.2, 0.25) is 0 Å². The summed E-state index contributed by atoms with van der Waals surface area (Å²) in [5, 5.41) is 0. The molecule has 0 saturated carbocycles. The third kappa shape index (κ3) is 3.52. The molecule has 80 valence electrons. The molecule has 0 unspecified atom stereocenters. The van der Waals surface area contributed by atoms with Crippen molar-refractivity contribution in [1.29, 1.82) is 0 Å². The zero-order valence-electron chi connectivity index (χ0n) is 9.88. The molecule has 1 rings (SSSR count). The van der Waals surface area contributed by atoms with Gasteiger partial charge in [-0.15, -0.1) is 0 Å². The van der Waals surface area contributed by atoms with E-state index in [-0.39, 0.29) is 0 Å². The summed E-state index contributed by atoms with van der Waals surface area (Å²) >= 11 is 0. The van der Waals surface area contributed by atoms with E-state index >= 15 is 0 Å². The Morgan fingerprint density at radius 3 is 2.64 bits per heavy atom. The molecule has 0 atom stereocenters. The van der Waals surface area contributed by atoms with Gasteiger partial charge in [-0.1, -0.05) is 27.7 Å². The van der Waals surface area contributed by atoms with Crippen molar-refractivity contribution in [3.05, 3.63) is 18.2 Å². The van der Waals surface area contributed by atoms with Crippen LogP contribution in [-0.2, 0) is 13.0 Å². The highest BCUT2D eigenvalue weighted by atomic mass is 15.1. The van der Waals surface area contributed by atoms with Gasteiger partial charge < -0.3 is 4.57 Å². The van der Waals surface area contributed by atoms with Crippen LogP contribution in [-0.4, -0.2) is 9.55 Å². The van der Waals surface area contributed by atoms with Crippen LogP contribution in [0.3, 0.4) is 0 Å². The first-order valence-electron chi connectivity index (χ1n) is 5.53. The minimum Gasteiger partial charge on any atom is -0.335 e. The number of hydrogen-bond acceptors (Lipinski definition) is 1. The smallest absolute Gasteiger partial charge is 0.108 e. The summed E-state index contributed by atoms with van der Waals surface area (Å²) < 4.78 is 2.29. The first kappa shape index (κ1) is 11.3. The number of aromatic nitrogens is 2. The number of rotatable bonds is 4. The van der Waals surface area contributed by atoms with Gasteiger partial charge in [0, 0.05) is 25.4 Å².